The molecule has 5 N–H and O–H groups in total. The van der Waals surface area contributed by atoms with Crippen molar-refractivity contribution in [3.63, 3.8) is 0 Å². The lowest BCUT2D eigenvalue weighted by Crippen LogP contribution is -2.57. The summed E-state index contributed by atoms with van der Waals surface area (Å²) in [7, 11) is 0. The SMILES string of the molecule is C=CC(=O)NC(=O)C=CC(O)C(O)(C=CC(N)=O)N(CCS)C(=O)C=C. The fraction of sp³-hybridized carbons (Fsp3) is 0.250. The minimum Gasteiger partial charge on any atom is -0.384 e. The van der Waals surface area contributed by atoms with Crippen LogP contribution in [-0.2, 0) is 19.2 Å². The number of aliphatic hydroxyl groups excluding tert-OH is 1. The van der Waals surface area contributed by atoms with Gasteiger partial charge in [-0.15, -0.1) is 0 Å². The van der Waals surface area contributed by atoms with Crippen LogP contribution in [0.5, 0.6) is 0 Å². The maximum atomic E-state index is 12.0. The predicted octanol–water partition coefficient (Wildman–Crippen LogP) is -1.59. The molecule has 0 spiro atoms. The van der Waals surface area contributed by atoms with Crippen LogP contribution in [0.2, 0.25) is 0 Å². The lowest BCUT2D eigenvalue weighted by molar-refractivity contribution is -0.159. The van der Waals surface area contributed by atoms with E-state index in [1.165, 1.54) is 0 Å². The summed E-state index contributed by atoms with van der Waals surface area (Å²) in [6, 6.07) is 0. The van der Waals surface area contributed by atoms with Gasteiger partial charge in [0.2, 0.25) is 17.7 Å². The molecule has 9 nitrogen and oxygen atoms in total. The van der Waals surface area contributed by atoms with Crippen molar-refractivity contribution in [3.05, 3.63) is 49.6 Å². The zero-order valence-corrected chi connectivity index (χ0v) is 14.8. The quantitative estimate of drug-likeness (QED) is 0.174. The first-order chi connectivity index (χ1) is 12.1. The Morgan fingerprint density at radius 1 is 1.19 bits per heavy atom. The third-order valence-electron chi connectivity index (χ3n) is 2.99. The standard InChI is InChI=1S/C16H21N3O6S/c1-3-13(22)18-14(23)6-5-11(20)16(25,8-7-12(17)21)19(9-10-26)15(24)4-2/h3-8,11,20,25-26H,1-2,9-10H2,(H2,17,21)(H,18,22,23). The third-order valence-corrected chi connectivity index (χ3v) is 3.19. The molecule has 0 fully saturated rings. The van der Waals surface area contributed by atoms with E-state index in [4.69, 9.17) is 5.73 Å². The molecule has 0 aromatic heterocycles. The number of imide groups is 1. The second-order valence-corrected chi connectivity index (χ2v) is 5.25. The summed E-state index contributed by atoms with van der Waals surface area (Å²) in [5, 5.41) is 23.0. The minimum absolute atomic E-state index is 0.108. The Hall–Kier alpha value is -2.69. The molecule has 4 amide bonds. The van der Waals surface area contributed by atoms with Gasteiger partial charge in [-0.05, 0) is 24.3 Å². The third kappa shape index (κ3) is 7.05. The van der Waals surface area contributed by atoms with Crippen molar-refractivity contribution in [1.82, 2.24) is 10.2 Å². The van der Waals surface area contributed by atoms with Gasteiger partial charge in [-0.1, -0.05) is 13.2 Å². The average Bonchev–Trinajstić information content (AvgIpc) is 2.61. The van der Waals surface area contributed by atoms with Crippen LogP contribution in [-0.4, -0.2) is 62.9 Å². The van der Waals surface area contributed by atoms with Crippen molar-refractivity contribution in [3.8, 4) is 0 Å². The molecule has 26 heavy (non-hydrogen) atoms. The number of hydrogen-bond acceptors (Lipinski definition) is 7. The van der Waals surface area contributed by atoms with Gasteiger partial charge in [0.1, 0.15) is 6.10 Å². The van der Waals surface area contributed by atoms with Gasteiger partial charge < -0.3 is 20.8 Å². The highest BCUT2D eigenvalue weighted by Gasteiger charge is 2.40. The highest BCUT2D eigenvalue weighted by molar-refractivity contribution is 7.80. The summed E-state index contributed by atoms with van der Waals surface area (Å²) >= 11 is 3.97. The van der Waals surface area contributed by atoms with E-state index in [-0.39, 0.29) is 12.3 Å². The van der Waals surface area contributed by atoms with E-state index in [0.29, 0.717) is 0 Å². The van der Waals surface area contributed by atoms with Crippen molar-refractivity contribution < 1.29 is 29.4 Å². The Morgan fingerprint density at radius 2 is 1.81 bits per heavy atom. The van der Waals surface area contributed by atoms with E-state index in [0.717, 1.165) is 41.4 Å². The number of nitrogens with two attached hydrogens (primary N) is 1. The summed E-state index contributed by atoms with van der Waals surface area (Å²) in [6.45, 7) is 6.34. The van der Waals surface area contributed by atoms with Crippen LogP contribution >= 0.6 is 12.6 Å². The molecule has 2 unspecified atom stereocenters. The van der Waals surface area contributed by atoms with Crippen molar-refractivity contribution in [1.29, 1.82) is 0 Å². The second kappa shape index (κ2) is 11.0. The molecule has 0 heterocycles. The molecule has 0 radical (unpaired) electrons. The molecule has 0 aliphatic heterocycles. The fourth-order valence-electron chi connectivity index (χ4n) is 1.76. The molecule has 0 aromatic rings. The van der Waals surface area contributed by atoms with E-state index in [2.05, 4.69) is 25.8 Å². The number of carbonyl (C=O) groups is 4. The first-order valence-corrected chi connectivity index (χ1v) is 7.85. The van der Waals surface area contributed by atoms with Crippen molar-refractivity contribution >= 4 is 36.3 Å². The van der Waals surface area contributed by atoms with E-state index in [1.54, 1.807) is 0 Å². The maximum Gasteiger partial charge on any atom is 0.250 e. The number of primary amides is 1. The zero-order chi connectivity index (χ0) is 20.3. The van der Waals surface area contributed by atoms with Crippen LogP contribution in [0, 0.1) is 0 Å². The molecule has 2 atom stereocenters. The van der Waals surface area contributed by atoms with Crippen molar-refractivity contribution in [2.75, 3.05) is 12.3 Å². The minimum atomic E-state index is -2.43. The van der Waals surface area contributed by atoms with Crippen LogP contribution in [0.4, 0.5) is 0 Å². The van der Waals surface area contributed by atoms with Gasteiger partial charge in [-0.3, -0.25) is 24.5 Å². The molecule has 0 saturated heterocycles. The molecule has 0 aromatic carbocycles. The fourth-order valence-corrected chi connectivity index (χ4v) is 1.96. The lowest BCUT2D eigenvalue weighted by Gasteiger charge is -2.39. The number of carbonyl (C=O) groups excluding carboxylic acids is 4. The number of thiol groups is 1. The smallest absolute Gasteiger partial charge is 0.250 e. The van der Waals surface area contributed by atoms with Gasteiger partial charge in [0, 0.05) is 24.4 Å². The summed E-state index contributed by atoms with van der Waals surface area (Å²) in [6.07, 6.45) is 3.06. The van der Waals surface area contributed by atoms with Gasteiger partial charge in [-0.25, -0.2) is 0 Å². The van der Waals surface area contributed by atoms with Crippen LogP contribution in [0.15, 0.2) is 49.6 Å². The monoisotopic (exact) mass is 383 g/mol. The molecule has 0 rings (SSSR count). The summed E-state index contributed by atoms with van der Waals surface area (Å²) < 4.78 is 0. The van der Waals surface area contributed by atoms with Gasteiger partial charge in [0.25, 0.3) is 5.91 Å². The Labute approximate surface area is 155 Å². The molecular weight excluding hydrogens is 362 g/mol. The highest BCUT2D eigenvalue weighted by atomic mass is 32.1. The summed E-state index contributed by atoms with van der Waals surface area (Å²) in [5.74, 6) is -3.26. The Kier molecular flexibility index (Phi) is 9.89. The highest BCUT2D eigenvalue weighted by Crippen LogP contribution is 2.21. The lowest BCUT2D eigenvalue weighted by atomic mass is 10.0. The zero-order valence-electron chi connectivity index (χ0n) is 13.9. The van der Waals surface area contributed by atoms with Crippen LogP contribution in [0.1, 0.15) is 0 Å². The maximum absolute atomic E-state index is 12.0. The molecule has 0 saturated carbocycles. The number of rotatable bonds is 10. The number of aliphatic hydroxyl groups is 2. The molecular formula is C16H21N3O6S. The molecule has 10 heteroatoms. The van der Waals surface area contributed by atoms with Crippen LogP contribution in [0.25, 0.3) is 0 Å². The normalized spacial score (nSPS) is 14.4. The Balaban J connectivity index is 5.76. The van der Waals surface area contributed by atoms with Crippen molar-refractivity contribution in [2.45, 2.75) is 11.8 Å². The van der Waals surface area contributed by atoms with Crippen LogP contribution in [0.3, 0.4) is 0 Å². The van der Waals surface area contributed by atoms with Crippen LogP contribution < -0.4 is 11.1 Å². The van der Waals surface area contributed by atoms with E-state index in [9.17, 15) is 29.4 Å². The first kappa shape index (κ1) is 23.3. The van der Waals surface area contributed by atoms with E-state index >= 15 is 0 Å². The van der Waals surface area contributed by atoms with Gasteiger partial charge in [-0.2, -0.15) is 12.6 Å². The van der Waals surface area contributed by atoms with E-state index in [1.807, 2.05) is 5.32 Å². The van der Waals surface area contributed by atoms with E-state index < -0.39 is 35.5 Å². The number of amides is 4. The Bertz CT molecular complexity index is 646. The second-order valence-electron chi connectivity index (χ2n) is 4.80. The summed E-state index contributed by atoms with van der Waals surface area (Å²) in [4.78, 5) is 46.4. The molecule has 142 valence electrons. The molecule has 0 aliphatic carbocycles. The number of hydrogen-bond donors (Lipinski definition) is 5. The predicted molar refractivity (Wildman–Crippen MR) is 97.5 cm³/mol. The Morgan fingerprint density at radius 3 is 2.27 bits per heavy atom. The van der Waals surface area contributed by atoms with Gasteiger partial charge in [0.05, 0.1) is 0 Å². The number of nitrogens with one attached hydrogen (secondary N) is 1. The largest absolute Gasteiger partial charge is 0.384 e. The number of nitrogens with zero attached hydrogens (tertiary/aromatic N) is 1. The first-order valence-electron chi connectivity index (χ1n) is 7.22. The van der Waals surface area contributed by atoms with Crippen molar-refractivity contribution in [2.24, 2.45) is 5.73 Å². The molecule has 0 bridgehead atoms. The van der Waals surface area contributed by atoms with Gasteiger partial charge >= 0.3 is 0 Å². The topological polar surface area (TPSA) is 150 Å². The van der Waals surface area contributed by atoms with Gasteiger partial charge in [0.15, 0.2) is 5.72 Å². The molecule has 0 aliphatic rings. The summed E-state index contributed by atoms with van der Waals surface area (Å²) in [5.41, 5.74) is 2.56. The average molecular weight is 383 g/mol.